The van der Waals surface area contributed by atoms with E-state index in [4.69, 9.17) is 9.47 Å². The fraction of sp³-hybridized carbons (Fsp3) is 0.375. The Morgan fingerprint density at radius 1 is 1.41 bits per heavy atom. The van der Waals surface area contributed by atoms with Gasteiger partial charge in [0.25, 0.3) is 5.91 Å². The average molecular weight is 318 g/mol. The number of hydrogen-bond acceptors (Lipinski definition) is 5. The maximum absolute atomic E-state index is 12.5. The summed E-state index contributed by atoms with van der Waals surface area (Å²) in [5.41, 5.74) is 1.48. The van der Waals surface area contributed by atoms with Crippen molar-refractivity contribution in [2.45, 2.75) is 26.2 Å². The fourth-order valence-electron chi connectivity index (χ4n) is 2.20. The number of para-hydroxylation sites is 1. The first kappa shape index (κ1) is 14.8. The van der Waals surface area contributed by atoms with E-state index in [0.717, 1.165) is 12.1 Å². The summed E-state index contributed by atoms with van der Waals surface area (Å²) in [5, 5.41) is 5.44. The predicted octanol–water partition coefficient (Wildman–Crippen LogP) is 3.68. The molecule has 2 aromatic rings. The van der Waals surface area contributed by atoms with E-state index in [-0.39, 0.29) is 5.91 Å². The van der Waals surface area contributed by atoms with Crippen LogP contribution in [0.3, 0.4) is 0 Å². The molecule has 0 spiro atoms. The van der Waals surface area contributed by atoms with Gasteiger partial charge in [-0.3, -0.25) is 10.1 Å². The van der Waals surface area contributed by atoms with Crippen LogP contribution >= 0.6 is 11.3 Å². The van der Waals surface area contributed by atoms with Crippen LogP contribution in [0.4, 0.5) is 5.13 Å². The first-order chi connectivity index (χ1) is 10.7. The number of thiazole rings is 1. The predicted molar refractivity (Wildman–Crippen MR) is 86.2 cm³/mol. The second kappa shape index (κ2) is 6.36. The smallest absolute Gasteiger partial charge is 0.261 e. The Bertz CT molecular complexity index is 684. The molecule has 0 saturated heterocycles. The monoisotopic (exact) mass is 318 g/mol. The molecule has 3 rings (SSSR count). The molecule has 0 aliphatic carbocycles. The van der Waals surface area contributed by atoms with Crippen LogP contribution in [0.15, 0.2) is 23.6 Å². The minimum Gasteiger partial charge on any atom is -0.486 e. The lowest BCUT2D eigenvalue weighted by atomic mass is 10.1. The van der Waals surface area contributed by atoms with E-state index in [1.807, 2.05) is 5.38 Å². The van der Waals surface area contributed by atoms with E-state index in [0.29, 0.717) is 41.3 Å². The van der Waals surface area contributed by atoms with Crippen molar-refractivity contribution < 1.29 is 14.3 Å². The average Bonchev–Trinajstić information content (AvgIpc) is 3.02. The highest BCUT2D eigenvalue weighted by Crippen LogP contribution is 2.34. The largest absolute Gasteiger partial charge is 0.486 e. The van der Waals surface area contributed by atoms with E-state index in [2.05, 4.69) is 24.1 Å². The van der Waals surface area contributed by atoms with Crippen molar-refractivity contribution in [3.8, 4) is 11.5 Å². The number of rotatable bonds is 4. The molecule has 0 bridgehead atoms. The van der Waals surface area contributed by atoms with Gasteiger partial charge in [-0.25, -0.2) is 4.98 Å². The first-order valence-electron chi connectivity index (χ1n) is 7.34. The highest BCUT2D eigenvalue weighted by molar-refractivity contribution is 7.14. The van der Waals surface area contributed by atoms with Gasteiger partial charge in [0.1, 0.15) is 13.2 Å². The van der Waals surface area contributed by atoms with E-state index < -0.39 is 0 Å². The number of aromatic nitrogens is 1. The van der Waals surface area contributed by atoms with Gasteiger partial charge >= 0.3 is 0 Å². The van der Waals surface area contributed by atoms with Crippen LogP contribution in [0.1, 0.15) is 42.2 Å². The first-order valence-corrected chi connectivity index (χ1v) is 8.22. The number of nitrogens with one attached hydrogen (secondary N) is 1. The summed E-state index contributed by atoms with van der Waals surface area (Å²) >= 11 is 1.44. The van der Waals surface area contributed by atoms with Gasteiger partial charge in [-0.05, 0) is 24.5 Å². The molecule has 5 nitrogen and oxygen atoms in total. The SMILES string of the molecule is CCC(C)c1csc(NC(=O)c2cccc3c2OCCO3)n1. The minimum absolute atomic E-state index is 0.229. The van der Waals surface area contributed by atoms with Gasteiger partial charge in [-0.2, -0.15) is 0 Å². The number of carbonyl (C=O) groups excluding carboxylic acids is 1. The number of carbonyl (C=O) groups is 1. The van der Waals surface area contributed by atoms with Gasteiger partial charge in [0.05, 0.1) is 11.3 Å². The topological polar surface area (TPSA) is 60.5 Å². The summed E-state index contributed by atoms with van der Waals surface area (Å²) < 4.78 is 11.1. The van der Waals surface area contributed by atoms with Gasteiger partial charge in [0.15, 0.2) is 16.6 Å². The molecule has 1 N–H and O–H groups in total. The summed E-state index contributed by atoms with van der Waals surface area (Å²) in [6.07, 6.45) is 1.02. The van der Waals surface area contributed by atoms with Crippen molar-refractivity contribution in [3.05, 3.63) is 34.8 Å². The van der Waals surface area contributed by atoms with E-state index >= 15 is 0 Å². The number of anilines is 1. The number of nitrogens with zero attached hydrogens (tertiary/aromatic N) is 1. The zero-order chi connectivity index (χ0) is 15.5. The van der Waals surface area contributed by atoms with Crippen molar-refractivity contribution in [2.75, 3.05) is 18.5 Å². The van der Waals surface area contributed by atoms with Crippen LogP contribution in [0.5, 0.6) is 11.5 Å². The maximum atomic E-state index is 12.5. The molecule has 1 aliphatic rings. The van der Waals surface area contributed by atoms with E-state index in [9.17, 15) is 4.79 Å². The molecule has 1 aliphatic heterocycles. The summed E-state index contributed by atoms with van der Waals surface area (Å²) in [6, 6.07) is 5.32. The second-order valence-electron chi connectivity index (χ2n) is 5.17. The Balaban J connectivity index is 1.79. The van der Waals surface area contributed by atoms with Crippen LogP contribution in [0.2, 0.25) is 0 Å². The lowest BCUT2D eigenvalue weighted by Gasteiger charge is -2.20. The number of benzene rings is 1. The standard InChI is InChI=1S/C16H18N2O3S/c1-3-10(2)12-9-22-16(17-12)18-15(19)11-5-4-6-13-14(11)21-8-7-20-13/h4-6,9-10H,3,7-8H2,1-2H3,(H,17,18,19). The Kier molecular flexibility index (Phi) is 4.29. The quantitative estimate of drug-likeness (QED) is 0.934. The zero-order valence-corrected chi connectivity index (χ0v) is 13.4. The Morgan fingerprint density at radius 3 is 3.05 bits per heavy atom. The van der Waals surface area contributed by atoms with E-state index in [1.54, 1.807) is 18.2 Å². The van der Waals surface area contributed by atoms with Crippen LogP contribution < -0.4 is 14.8 Å². The molecule has 1 unspecified atom stereocenters. The molecule has 1 aromatic heterocycles. The molecule has 2 heterocycles. The maximum Gasteiger partial charge on any atom is 0.261 e. The summed E-state index contributed by atoms with van der Waals surface area (Å²) in [6.45, 7) is 5.20. The van der Waals surface area contributed by atoms with Gasteiger partial charge in [0, 0.05) is 5.38 Å². The Labute approximate surface area is 133 Å². The molecule has 0 radical (unpaired) electrons. The lowest BCUT2D eigenvalue weighted by molar-refractivity contribution is 0.101. The van der Waals surface area contributed by atoms with E-state index in [1.165, 1.54) is 11.3 Å². The molecule has 1 atom stereocenters. The summed E-state index contributed by atoms with van der Waals surface area (Å²) in [4.78, 5) is 16.9. The number of amides is 1. The van der Waals surface area contributed by atoms with Gasteiger partial charge in [-0.1, -0.05) is 19.9 Å². The van der Waals surface area contributed by atoms with Gasteiger partial charge in [0.2, 0.25) is 0 Å². The summed E-state index contributed by atoms with van der Waals surface area (Å²) in [7, 11) is 0. The number of hydrogen-bond donors (Lipinski definition) is 1. The Morgan fingerprint density at radius 2 is 2.23 bits per heavy atom. The van der Waals surface area contributed by atoms with Crippen molar-refractivity contribution in [2.24, 2.45) is 0 Å². The lowest BCUT2D eigenvalue weighted by Crippen LogP contribution is -2.20. The zero-order valence-electron chi connectivity index (χ0n) is 12.6. The normalized spacial score (nSPS) is 14.5. The highest BCUT2D eigenvalue weighted by Gasteiger charge is 2.21. The molecule has 1 amide bonds. The number of ether oxygens (including phenoxy) is 2. The highest BCUT2D eigenvalue weighted by atomic mass is 32.1. The third kappa shape index (κ3) is 2.92. The molecule has 22 heavy (non-hydrogen) atoms. The molecule has 6 heteroatoms. The molecule has 1 aromatic carbocycles. The molecular weight excluding hydrogens is 300 g/mol. The van der Waals surface area contributed by atoms with Gasteiger partial charge < -0.3 is 9.47 Å². The van der Waals surface area contributed by atoms with Crippen LogP contribution in [0.25, 0.3) is 0 Å². The Hall–Kier alpha value is -2.08. The number of fused-ring (bicyclic) bond motifs is 1. The van der Waals surface area contributed by atoms with Crippen molar-refractivity contribution >= 4 is 22.4 Å². The van der Waals surface area contributed by atoms with Crippen molar-refractivity contribution in [1.29, 1.82) is 0 Å². The fourth-order valence-corrected chi connectivity index (χ4v) is 3.02. The van der Waals surface area contributed by atoms with Crippen LogP contribution in [-0.4, -0.2) is 24.1 Å². The van der Waals surface area contributed by atoms with Gasteiger partial charge in [-0.15, -0.1) is 11.3 Å². The third-order valence-corrected chi connectivity index (χ3v) is 4.45. The molecule has 0 fully saturated rings. The van der Waals surface area contributed by atoms with Crippen LogP contribution in [-0.2, 0) is 0 Å². The van der Waals surface area contributed by atoms with Crippen molar-refractivity contribution in [1.82, 2.24) is 4.98 Å². The molecule has 116 valence electrons. The molecular formula is C16H18N2O3S. The summed E-state index contributed by atoms with van der Waals surface area (Å²) in [5.74, 6) is 1.28. The minimum atomic E-state index is -0.229. The molecule has 0 saturated carbocycles. The third-order valence-electron chi connectivity index (χ3n) is 3.67. The van der Waals surface area contributed by atoms with Crippen molar-refractivity contribution in [3.63, 3.8) is 0 Å². The van der Waals surface area contributed by atoms with Crippen LogP contribution in [0, 0.1) is 0 Å². The second-order valence-corrected chi connectivity index (χ2v) is 6.03.